The van der Waals surface area contributed by atoms with Crippen LogP contribution in [0.1, 0.15) is 13.8 Å². The zero-order valence-electron chi connectivity index (χ0n) is 9.95. The Balaban J connectivity index is 2.00. The Labute approximate surface area is 99.2 Å². The van der Waals surface area contributed by atoms with Gasteiger partial charge >= 0.3 is 0 Å². The maximum atomic E-state index is 5.73. The molecular weight excluding hydrogens is 218 g/mol. The second kappa shape index (κ2) is 3.96. The Hall–Kier alpha value is -1.69. The summed E-state index contributed by atoms with van der Waals surface area (Å²) in [5.41, 5.74) is 0. The average Bonchev–Trinajstić information content (AvgIpc) is 2.75. The van der Waals surface area contributed by atoms with Gasteiger partial charge in [-0.1, -0.05) is 0 Å². The van der Waals surface area contributed by atoms with E-state index in [4.69, 9.17) is 4.74 Å². The van der Waals surface area contributed by atoms with Crippen LogP contribution in [0.2, 0.25) is 0 Å². The average molecular weight is 233 g/mol. The minimum atomic E-state index is 0.227. The van der Waals surface area contributed by atoms with Gasteiger partial charge in [-0.25, -0.2) is 4.98 Å². The molecule has 6 heteroatoms. The predicted molar refractivity (Wildman–Crippen MR) is 63.0 cm³/mol. The standard InChI is InChI=1S/C11H15N5O/c1-8-5-15(6-9(2)17-8)10-3-4-12-11-13-7-14-16(10)11/h3-4,7-9H,5-6H2,1-2H3/t8-,9-/m0/s1. The number of hydrogen-bond acceptors (Lipinski definition) is 5. The molecule has 0 bridgehead atoms. The Morgan fingerprint density at radius 1 is 1.24 bits per heavy atom. The van der Waals surface area contributed by atoms with Gasteiger partial charge in [-0.3, -0.25) is 0 Å². The minimum Gasteiger partial charge on any atom is -0.372 e. The van der Waals surface area contributed by atoms with E-state index in [9.17, 15) is 0 Å². The van der Waals surface area contributed by atoms with E-state index < -0.39 is 0 Å². The summed E-state index contributed by atoms with van der Waals surface area (Å²) in [5.74, 6) is 1.66. The summed E-state index contributed by atoms with van der Waals surface area (Å²) in [4.78, 5) is 10.5. The van der Waals surface area contributed by atoms with Crippen molar-refractivity contribution < 1.29 is 4.74 Å². The molecule has 1 aliphatic heterocycles. The van der Waals surface area contributed by atoms with Crippen LogP contribution in [0.25, 0.3) is 5.78 Å². The van der Waals surface area contributed by atoms with Crippen molar-refractivity contribution in [2.75, 3.05) is 18.0 Å². The molecule has 0 spiro atoms. The molecule has 2 aromatic rings. The van der Waals surface area contributed by atoms with Gasteiger partial charge in [0.05, 0.1) is 12.2 Å². The number of hydrogen-bond donors (Lipinski definition) is 0. The molecule has 0 amide bonds. The molecule has 1 fully saturated rings. The Morgan fingerprint density at radius 2 is 2.00 bits per heavy atom. The fourth-order valence-corrected chi connectivity index (χ4v) is 2.33. The van der Waals surface area contributed by atoms with Crippen LogP contribution in [-0.4, -0.2) is 44.9 Å². The van der Waals surface area contributed by atoms with Gasteiger partial charge in [-0.2, -0.15) is 14.6 Å². The molecule has 3 rings (SSSR count). The topological polar surface area (TPSA) is 55.6 Å². The zero-order valence-corrected chi connectivity index (χ0v) is 9.95. The molecule has 2 atom stereocenters. The molecule has 0 unspecified atom stereocenters. The molecule has 1 saturated heterocycles. The summed E-state index contributed by atoms with van der Waals surface area (Å²) < 4.78 is 7.50. The van der Waals surface area contributed by atoms with Gasteiger partial charge in [0, 0.05) is 19.3 Å². The van der Waals surface area contributed by atoms with Crippen molar-refractivity contribution in [1.29, 1.82) is 0 Å². The summed E-state index contributed by atoms with van der Waals surface area (Å²) in [5, 5.41) is 4.20. The fourth-order valence-electron chi connectivity index (χ4n) is 2.33. The number of anilines is 1. The number of morpholine rings is 1. The monoisotopic (exact) mass is 233 g/mol. The van der Waals surface area contributed by atoms with Gasteiger partial charge in [-0.15, -0.1) is 0 Å². The van der Waals surface area contributed by atoms with E-state index in [1.165, 1.54) is 6.33 Å². The first kappa shape index (κ1) is 10.5. The van der Waals surface area contributed by atoms with Crippen LogP contribution in [0.5, 0.6) is 0 Å². The summed E-state index contributed by atoms with van der Waals surface area (Å²) >= 11 is 0. The first-order valence-corrected chi connectivity index (χ1v) is 5.79. The highest BCUT2D eigenvalue weighted by atomic mass is 16.5. The third kappa shape index (κ3) is 1.84. The number of ether oxygens (including phenoxy) is 1. The molecule has 1 aliphatic rings. The Bertz CT molecular complexity index is 515. The van der Waals surface area contributed by atoms with E-state index in [0.29, 0.717) is 5.78 Å². The number of nitrogens with zero attached hydrogens (tertiary/aromatic N) is 5. The van der Waals surface area contributed by atoms with Crippen molar-refractivity contribution in [2.45, 2.75) is 26.1 Å². The molecule has 17 heavy (non-hydrogen) atoms. The van der Waals surface area contributed by atoms with Gasteiger partial charge < -0.3 is 9.64 Å². The van der Waals surface area contributed by atoms with Crippen molar-refractivity contribution in [3.8, 4) is 0 Å². The third-order valence-electron chi connectivity index (χ3n) is 2.90. The second-order valence-electron chi connectivity index (χ2n) is 4.44. The summed E-state index contributed by atoms with van der Waals surface area (Å²) in [6.45, 7) is 5.90. The molecule has 6 nitrogen and oxygen atoms in total. The summed E-state index contributed by atoms with van der Waals surface area (Å²) in [7, 11) is 0. The molecule has 0 radical (unpaired) electrons. The number of aromatic nitrogens is 4. The summed E-state index contributed by atoms with van der Waals surface area (Å²) in [6.07, 6.45) is 3.75. The van der Waals surface area contributed by atoms with E-state index in [2.05, 4.69) is 33.8 Å². The fraction of sp³-hybridized carbons (Fsp3) is 0.545. The Kier molecular flexibility index (Phi) is 2.44. The highest BCUT2D eigenvalue weighted by Gasteiger charge is 2.24. The minimum absolute atomic E-state index is 0.227. The van der Waals surface area contributed by atoms with Crippen LogP contribution in [0.15, 0.2) is 18.6 Å². The van der Waals surface area contributed by atoms with E-state index >= 15 is 0 Å². The highest BCUT2D eigenvalue weighted by molar-refractivity contribution is 5.45. The first-order valence-electron chi connectivity index (χ1n) is 5.79. The Morgan fingerprint density at radius 3 is 2.76 bits per heavy atom. The maximum Gasteiger partial charge on any atom is 0.254 e. The highest BCUT2D eigenvalue weighted by Crippen LogP contribution is 2.19. The molecule has 3 heterocycles. The van der Waals surface area contributed by atoms with Crippen LogP contribution in [-0.2, 0) is 4.74 Å². The maximum absolute atomic E-state index is 5.73. The first-order chi connectivity index (χ1) is 8.24. The second-order valence-corrected chi connectivity index (χ2v) is 4.44. The van der Waals surface area contributed by atoms with Crippen molar-refractivity contribution in [3.63, 3.8) is 0 Å². The normalized spacial score (nSPS) is 25.4. The summed E-state index contributed by atoms with van der Waals surface area (Å²) in [6, 6.07) is 1.96. The van der Waals surface area contributed by atoms with Gasteiger partial charge in [0.15, 0.2) is 0 Å². The van der Waals surface area contributed by atoms with Crippen LogP contribution < -0.4 is 4.90 Å². The van der Waals surface area contributed by atoms with Crippen LogP contribution >= 0.6 is 0 Å². The lowest BCUT2D eigenvalue weighted by atomic mass is 10.2. The molecule has 0 aromatic carbocycles. The third-order valence-corrected chi connectivity index (χ3v) is 2.90. The molecule has 90 valence electrons. The van der Waals surface area contributed by atoms with Gasteiger partial charge in [-0.05, 0) is 19.9 Å². The van der Waals surface area contributed by atoms with E-state index in [0.717, 1.165) is 18.9 Å². The lowest BCUT2D eigenvalue weighted by Crippen LogP contribution is -2.46. The predicted octanol–water partition coefficient (Wildman–Crippen LogP) is 0.738. The van der Waals surface area contributed by atoms with Crippen LogP contribution in [0, 0.1) is 0 Å². The van der Waals surface area contributed by atoms with Gasteiger partial charge in [0.2, 0.25) is 0 Å². The van der Waals surface area contributed by atoms with Gasteiger partial charge in [0.1, 0.15) is 12.1 Å². The quantitative estimate of drug-likeness (QED) is 0.727. The van der Waals surface area contributed by atoms with Crippen LogP contribution in [0.3, 0.4) is 0 Å². The lowest BCUT2D eigenvalue weighted by molar-refractivity contribution is -0.00557. The van der Waals surface area contributed by atoms with Crippen molar-refractivity contribution >= 4 is 11.6 Å². The molecular formula is C11H15N5O. The molecule has 2 aromatic heterocycles. The molecule has 0 N–H and O–H groups in total. The molecule has 0 aliphatic carbocycles. The molecule has 0 saturated carbocycles. The van der Waals surface area contributed by atoms with E-state index in [1.54, 1.807) is 10.7 Å². The van der Waals surface area contributed by atoms with Crippen molar-refractivity contribution in [3.05, 3.63) is 18.6 Å². The number of fused-ring (bicyclic) bond motifs is 1. The van der Waals surface area contributed by atoms with Crippen molar-refractivity contribution in [2.24, 2.45) is 0 Å². The lowest BCUT2D eigenvalue weighted by Gasteiger charge is -2.36. The number of rotatable bonds is 1. The van der Waals surface area contributed by atoms with Gasteiger partial charge in [0.25, 0.3) is 5.78 Å². The largest absolute Gasteiger partial charge is 0.372 e. The van der Waals surface area contributed by atoms with E-state index in [1.807, 2.05) is 6.07 Å². The smallest absolute Gasteiger partial charge is 0.254 e. The van der Waals surface area contributed by atoms with Crippen LogP contribution in [0.4, 0.5) is 5.82 Å². The van der Waals surface area contributed by atoms with Crippen molar-refractivity contribution in [1.82, 2.24) is 19.6 Å². The van der Waals surface area contributed by atoms with E-state index in [-0.39, 0.29) is 12.2 Å². The zero-order chi connectivity index (χ0) is 11.8. The SMILES string of the molecule is C[C@H]1CN(c2ccnc3ncnn23)C[C@H](C)O1.